The Morgan fingerprint density at radius 2 is 1.68 bits per heavy atom. The molecule has 0 aliphatic heterocycles. The number of hydrogen-bond acceptors (Lipinski definition) is 8. The number of amides is 1. The van der Waals surface area contributed by atoms with Crippen molar-refractivity contribution in [1.82, 2.24) is 5.32 Å². The lowest BCUT2D eigenvalue weighted by atomic mass is 10.0. The number of nitrogens with one attached hydrogen (secondary N) is 2. The van der Waals surface area contributed by atoms with E-state index in [1.165, 1.54) is 19.2 Å². The van der Waals surface area contributed by atoms with Gasteiger partial charge in [0.2, 0.25) is 5.91 Å². The van der Waals surface area contributed by atoms with Crippen LogP contribution in [-0.2, 0) is 17.9 Å². The molecule has 5 N–H and O–H groups in total. The Labute approximate surface area is 236 Å². The van der Waals surface area contributed by atoms with Crippen LogP contribution >= 0.6 is 0 Å². The Morgan fingerprint density at radius 3 is 2.32 bits per heavy atom. The van der Waals surface area contributed by atoms with Gasteiger partial charge in [0.05, 0.1) is 12.0 Å². The number of ether oxygens (including phenoxy) is 2. The number of nitro benzene ring substituents is 1. The third kappa shape index (κ3) is 7.51. The number of hydrogen-bond donors (Lipinski definition) is 4. The fraction of sp³-hybridized carbons (Fsp3) is 0.133. The van der Waals surface area contributed by atoms with E-state index in [0.29, 0.717) is 34.9 Å². The van der Waals surface area contributed by atoms with Gasteiger partial charge in [-0.15, -0.1) is 0 Å². The number of amidine groups is 1. The maximum absolute atomic E-state index is 13.4. The Bertz CT molecular complexity index is 1510. The zero-order valence-corrected chi connectivity index (χ0v) is 22.2. The average molecular weight is 556 g/mol. The van der Waals surface area contributed by atoms with Crippen LogP contribution in [0.3, 0.4) is 0 Å². The zero-order chi connectivity index (χ0) is 29.2. The van der Waals surface area contributed by atoms with Gasteiger partial charge in [-0.05, 0) is 65.2 Å². The van der Waals surface area contributed by atoms with Gasteiger partial charge in [-0.2, -0.15) is 0 Å². The standard InChI is InChI=1S/C30H29N5O6/c1-40-27-17-23(11-16-26(27)41-19-21-7-14-25(15-8-21)35(38)39)28(30(36)32-18-20-5-3-2-4-6-20)33-24-12-9-22(10-13-24)29(31)34-37/h2-17,28,33,37H,18-19H2,1H3,(H2,31,34)(H,32,36). The first-order chi connectivity index (χ1) is 19.9. The van der Waals surface area contributed by atoms with Crippen molar-refractivity contribution in [2.24, 2.45) is 10.9 Å². The normalized spacial score (nSPS) is 11.8. The SMILES string of the molecule is COc1cc(C(Nc2ccc(C(N)=NO)cc2)C(=O)NCc2ccccc2)ccc1OCc1ccc([N+](=O)[O-])cc1. The maximum atomic E-state index is 13.4. The van der Waals surface area contributed by atoms with Gasteiger partial charge in [-0.3, -0.25) is 14.9 Å². The van der Waals surface area contributed by atoms with E-state index < -0.39 is 11.0 Å². The van der Waals surface area contributed by atoms with E-state index >= 15 is 0 Å². The molecule has 4 aromatic carbocycles. The fourth-order valence-electron chi connectivity index (χ4n) is 4.01. The molecule has 0 heterocycles. The van der Waals surface area contributed by atoms with Crippen LogP contribution in [0, 0.1) is 10.1 Å². The Hall–Kier alpha value is -5.58. The van der Waals surface area contributed by atoms with Gasteiger partial charge in [0.15, 0.2) is 17.3 Å². The smallest absolute Gasteiger partial charge is 0.269 e. The van der Waals surface area contributed by atoms with Crippen LogP contribution in [0.1, 0.15) is 28.3 Å². The molecular formula is C30H29N5O6. The minimum Gasteiger partial charge on any atom is -0.493 e. The van der Waals surface area contributed by atoms with Crippen molar-refractivity contribution < 1.29 is 24.4 Å². The van der Waals surface area contributed by atoms with Crippen LogP contribution in [0.4, 0.5) is 11.4 Å². The molecule has 1 amide bonds. The van der Waals surface area contributed by atoms with E-state index in [4.69, 9.17) is 20.4 Å². The molecule has 4 aromatic rings. The van der Waals surface area contributed by atoms with Gasteiger partial charge in [-0.25, -0.2) is 0 Å². The molecule has 1 unspecified atom stereocenters. The predicted octanol–water partition coefficient (Wildman–Crippen LogP) is 4.75. The van der Waals surface area contributed by atoms with E-state index in [-0.39, 0.29) is 24.0 Å². The predicted molar refractivity (Wildman–Crippen MR) is 154 cm³/mol. The highest BCUT2D eigenvalue weighted by molar-refractivity contribution is 5.97. The van der Waals surface area contributed by atoms with Crippen LogP contribution in [0.25, 0.3) is 0 Å². The molecule has 210 valence electrons. The first-order valence-corrected chi connectivity index (χ1v) is 12.6. The molecule has 4 rings (SSSR count). The van der Waals surface area contributed by atoms with Gasteiger partial charge >= 0.3 is 0 Å². The molecule has 11 nitrogen and oxygen atoms in total. The fourth-order valence-corrected chi connectivity index (χ4v) is 4.01. The summed E-state index contributed by atoms with van der Waals surface area (Å²) in [7, 11) is 1.50. The summed E-state index contributed by atoms with van der Waals surface area (Å²) in [4.78, 5) is 23.9. The van der Waals surface area contributed by atoms with E-state index in [9.17, 15) is 14.9 Å². The minimum atomic E-state index is -0.800. The highest BCUT2D eigenvalue weighted by Gasteiger charge is 2.22. The highest BCUT2D eigenvalue weighted by Crippen LogP contribution is 2.32. The van der Waals surface area contributed by atoms with E-state index in [1.807, 2.05) is 30.3 Å². The molecule has 0 bridgehead atoms. The Morgan fingerprint density at radius 1 is 0.976 bits per heavy atom. The number of oxime groups is 1. The Balaban J connectivity index is 1.55. The van der Waals surface area contributed by atoms with Crippen molar-refractivity contribution in [3.63, 3.8) is 0 Å². The molecule has 0 fully saturated rings. The molecule has 0 saturated heterocycles. The van der Waals surface area contributed by atoms with Crippen molar-refractivity contribution >= 4 is 23.1 Å². The second kappa shape index (κ2) is 13.5. The number of nitrogens with zero attached hydrogens (tertiary/aromatic N) is 2. The number of nitro groups is 1. The lowest BCUT2D eigenvalue weighted by Gasteiger charge is -2.22. The van der Waals surface area contributed by atoms with Crippen LogP contribution in [0.15, 0.2) is 102 Å². The number of nitrogens with two attached hydrogens (primary N) is 1. The minimum absolute atomic E-state index is 0.000553. The van der Waals surface area contributed by atoms with Crippen molar-refractivity contribution in [3.05, 3.63) is 129 Å². The van der Waals surface area contributed by atoms with E-state index in [0.717, 1.165) is 11.1 Å². The van der Waals surface area contributed by atoms with Gasteiger partial charge < -0.3 is 31.0 Å². The lowest BCUT2D eigenvalue weighted by Crippen LogP contribution is -2.33. The number of anilines is 1. The molecule has 41 heavy (non-hydrogen) atoms. The third-order valence-electron chi connectivity index (χ3n) is 6.23. The zero-order valence-electron chi connectivity index (χ0n) is 22.2. The summed E-state index contributed by atoms with van der Waals surface area (Å²) in [5, 5.41) is 29.1. The number of non-ortho nitro benzene ring substituents is 1. The summed E-state index contributed by atoms with van der Waals surface area (Å²) in [6, 6.07) is 26.8. The molecule has 0 radical (unpaired) electrons. The van der Waals surface area contributed by atoms with Crippen molar-refractivity contribution in [1.29, 1.82) is 0 Å². The first kappa shape index (κ1) is 28.4. The molecule has 0 spiro atoms. The van der Waals surface area contributed by atoms with E-state index in [2.05, 4.69) is 15.8 Å². The molecule has 0 aliphatic carbocycles. The van der Waals surface area contributed by atoms with Crippen LogP contribution in [0.5, 0.6) is 11.5 Å². The van der Waals surface area contributed by atoms with Crippen molar-refractivity contribution in [2.45, 2.75) is 19.2 Å². The second-order valence-corrected chi connectivity index (χ2v) is 8.97. The maximum Gasteiger partial charge on any atom is 0.269 e. The van der Waals surface area contributed by atoms with Gasteiger partial charge in [0, 0.05) is 29.9 Å². The quantitative estimate of drug-likeness (QED) is 0.0640. The lowest BCUT2D eigenvalue weighted by molar-refractivity contribution is -0.384. The van der Waals surface area contributed by atoms with Crippen LogP contribution in [-0.4, -0.2) is 29.0 Å². The molecule has 1 atom stereocenters. The molecule has 0 aliphatic rings. The number of carbonyl (C=O) groups is 1. The monoisotopic (exact) mass is 555 g/mol. The number of carbonyl (C=O) groups excluding carboxylic acids is 1. The summed E-state index contributed by atoms with van der Waals surface area (Å²) in [5.41, 5.74) is 9.15. The molecule has 0 saturated carbocycles. The number of benzene rings is 4. The summed E-state index contributed by atoms with van der Waals surface area (Å²) >= 11 is 0. The number of rotatable bonds is 12. The first-order valence-electron chi connectivity index (χ1n) is 12.6. The second-order valence-electron chi connectivity index (χ2n) is 8.97. The topological polar surface area (TPSA) is 161 Å². The molecular weight excluding hydrogens is 526 g/mol. The number of methoxy groups -OCH3 is 1. The molecule has 0 aromatic heterocycles. The van der Waals surface area contributed by atoms with Crippen LogP contribution < -0.4 is 25.8 Å². The van der Waals surface area contributed by atoms with E-state index in [1.54, 1.807) is 54.6 Å². The van der Waals surface area contributed by atoms with Crippen molar-refractivity contribution in [3.8, 4) is 11.5 Å². The summed E-state index contributed by atoms with van der Waals surface area (Å²) in [6.07, 6.45) is 0. The van der Waals surface area contributed by atoms with Crippen LogP contribution in [0.2, 0.25) is 0 Å². The summed E-state index contributed by atoms with van der Waals surface area (Å²) in [5.74, 6) is 0.564. The van der Waals surface area contributed by atoms with Gasteiger partial charge in [0.1, 0.15) is 12.6 Å². The van der Waals surface area contributed by atoms with Crippen molar-refractivity contribution in [2.75, 3.05) is 12.4 Å². The Kier molecular flexibility index (Phi) is 9.34. The van der Waals surface area contributed by atoms with Gasteiger partial charge in [0.25, 0.3) is 5.69 Å². The summed E-state index contributed by atoms with van der Waals surface area (Å²) < 4.78 is 11.5. The van der Waals surface area contributed by atoms with Gasteiger partial charge in [-0.1, -0.05) is 41.6 Å². The highest BCUT2D eigenvalue weighted by atomic mass is 16.6. The summed E-state index contributed by atoms with van der Waals surface area (Å²) in [6.45, 7) is 0.507. The third-order valence-corrected chi connectivity index (χ3v) is 6.23. The largest absolute Gasteiger partial charge is 0.493 e. The average Bonchev–Trinajstić information content (AvgIpc) is 3.02. The molecule has 11 heteroatoms.